The molecule has 3 rings (SSSR count). The van der Waals surface area contributed by atoms with Crippen molar-refractivity contribution in [3.05, 3.63) is 59.9 Å². The normalized spacial score (nSPS) is 17.4. The molecule has 1 fully saturated rings. The smallest absolute Gasteiger partial charge is 0.322 e. The number of hydrogen-bond donors (Lipinski definition) is 2. The summed E-state index contributed by atoms with van der Waals surface area (Å²) in [5.41, 5.74) is 8.29. The third kappa shape index (κ3) is 5.15. The van der Waals surface area contributed by atoms with Crippen molar-refractivity contribution in [1.82, 2.24) is 9.88 Å². The van der Waals surface area contributed by atoms with E-state index in [9.17, 15) is 4.79 Å². The fourth-order valence-corrected chi connectivity index (χ4v) is 2.80. The molecular weight excluding hydrogens is 328 g/mol. The van der Waals surface area contributed by atoms with Crippen LogP contribution >= 0.6 is 0 Å². The molecule has 136 valence electrons. The minimum Gasteiger partial charge on any atom is -0.374 e. The van der Waals surface area contributed by atoms with Crippen molar-refractivity contribution in [3.63, 3.8) is 0 Å². The standard InChI is InChI=1S/C20H24N4O2/c21-11-10-19-15-24(13-14-26-19)20(25)23-18-8-5-16(6-9-18)4-7-17-3-1-2-12-22-17/h1-9,12,19H,10-11,13-15,21H2,(H,23,25)/b7-4+/t19-/m1/s1. The van der Waals surface area contributed by atoms with Crippen molar-refractivity contribution >= 4 is 23.9 Å². The van der Waals surface area contributed by atoms with Crippen LogP contribution in [-0.4, -0.2) is 48.3 Å². The van der Waals surface area contributed by atoms with E-state index in [-0.39, 0.29) is 12.1 Å². The van der Waals surface area contributed by atoms with Crippen LogP contribution in [0.15, 0.2) is 48.7 Å². The third-order valence-corrected chi connectivity index (χ3v) is 4.21. The van der Waals surface area contributed by atoms with Gasteiger partial charge in [-0.1, -0.05) is 24.3 Å². The Labute approximate surface area is 153 Å². The number of pyridine rings is 1. The monoisotopic (exact) mass is 352 g/mol. The highest BCUT2D eigenvalue weighted by Crippen LogP contribution is 2.14. The van der Waals surface area contributed by atoms with E-state index in [1.54, 1.807) is 11.1 Å². The number of nitrogens with one attached hydrogen (secondary N) is 1. The van der Waals surface area contributed by atoms with Crippen molar-refractivity contribution in [2.45, 2.75) is 12.5 Å². The van der Waals surface area contributed by atoms with Crippen molar-refractivity contribution in [3.8, 4) is 0 Å². The van der Waals surface area contributed by atoms with Crippen LogP contribution in [0, 0.1) is 0 Å². The lowest BCUT2D eigenvalue weighted by Gasteiger charge is -2.32. The van der Waals surface area contributed by atoms with Crippen molar-refractivity contribution < 1.29 is 9.53 Å². The third-order valence-electron chi connectivity index (χ3n) is 4.21. The fourth-order valence-electron chi connectivity index (χ4n) is 2.80. The van der Waals surface area contributed by atoms with Crippen molar-refractivity contribution in [2.24, 2.45) is 5.73 Å². The van der Waals surface area contributed by atoms with Crippen LogP contribution in [0.3, 0.4) is 0 Å². The molecule has 1 aromatic carbocycles. The first kappa shape index (κ1) is 18.1. The Morgan fingerprint density at radius 3 is 2.85 bits per heavy atom. The van der Waals surface area contributed by atoms with Crippen LogP contribution in [0.2, 0.25) is 0 Å². The number of aromatic nitrogens is 1. The summed E-state index contributed by atoms with van der Waals surface area (Å²) in [6.07, 6.45) is 6.51. The van der Waals surface area contributed by atoms with E-state index >= 15 is 0 Å². The van der Waals surface area contributed by atoms with Crippen LogP contribution in [-0.2, 0) is 4.74 Å². The molecule has 0 aliphatic carbocycles. The molecule has 0 saturated carbocycles. The quantitative estimate of drug-likeness (QED) is 0.867. The maximum Gasteiger partial charge on any atom is 0.322 e. The number of ether oxygens (including phenoxy) is 1. The Morgan fingerprint density at radius 2 is 2.12 bits per heavy atom. The number of urea groups is 1. The van der Waals surface area contributed by atoms with E-state index in [0.717, 1.165) is 23.4 Å². The van der Waals surface area contributed by atoms with Gasteiger partial charge in [-0.2, -0.15) is 0 Å². The predicted octanol–water partition coefficient (Wildman–Crippen LogP) is 2.83. The molecule has 1 aliphatic heterocycles. The summed E-state index contributed by atoms with van der Waals surface area (Å²) in [6.45, 7) is 2.29. The van der Waals surface area contributed by atoms with Gasteiger partial charge in [0.1, 0.15) is 0 Å². The fraction of sp³-hybridized carbons (Fsp3) is 0.300. The van der Waals surface area contributed by atoms with Gasteiger partial charge >= 0.3 is 6.03 Å². The van der Waals surface area contributed by atoms with E-state index in [2.05, 4.69) is 10.3 Å². The number of nitrogens with zero attached hydrogens (tertiary/aromatic N) is 2. The van der Waals surface area contributed by atoms with Gasteiger partial charge in [0, 0.05) is 25.0 Å². The molecule has 2 aromatic rings. The van der Waals surface area contributed by atoms with Crippen LogP contribution in [0.4, 0.5) is 10.5 Å². The summed E-state index contributed by atoms with van der Waals surface area (Å²) >= 11 is 0. The first-order valence-electron chi connectivity index (χ1n) is 8.81. The van der Waals surface area contributed by atoms with E-state index < -0.39 is 0 Å². The summed E-state index contributed by atoms with van der Waals surface area (Å²) in [6, 6.07) is 13.4. The second kappa shape index (κ2) is 9.12. The highest BCUT2D eigenvalue weighted by molar-refractivity contribution is 5.89. The summed E-state index contributed by atoms with van der Waals surface area (Å²) in [7, 11) is 0. The molecule has 1 aliphatic rings. The van der Waals surface area contributed by atoms with Crippen LogP contribution in [0.1, 0.15) is 17.7 Å². The van der Waals surface area contributed by atoms with Gasteiger partial charge in [-0.05, 0) is 48.9 Å². The minimum absolute atomic E-state index is 0.0265. The molecule has 2 amide bonds. The molecule has 2 heterocycles. The Hall–Kier alpha value is -2.70. The number of carbonyl (C=O) groups excluding carboxylic acids is 1. The molecule has 6 nitrogen and oxygen atoms in total. The predicted molar refractivity (Wildman–Crippen MR) is 104 cm³/mol. The average molecular weight is 352 g/mol. The number of nitrogens with two attached hydrogens (primary N) is 1. The summed E-state index contributed by atoms with van der Waals surface area (Å²) in [5.74, 6) is 0. The summed E-state index contributed by atoms with van der Waals surface area (Å²) in [4.78, 5) is 18.4. The molecule has 0 bridgehead atoms. The molecule has 0 spiro atoms. The molecule has 1 atom stereocenters. The average Bonchev–Trinajstić information content (AvgIpc) is 2.69. The first-order valence-corrected chi connectivity index (χ1v) is 8.81. The number of carbonyl (C=O) groups is 1. The van der Waals surface area contributed by atoms with Gasteiger partial charge in [0.2, 0.25) is 0 Å². The molecule has 3 N–H and O–H groups in total. The topological polar surface area (TPSA) is 80.5 Å². The van der Waals surface area contributed by atoms with Crippen LogP contribution < -0.4 is 11.1 Å². The molecular formula is C20H24N4O2. The van der Waals surface area contributed by atoms with E-state index in [0.29, 0.717) is 26.2 Å². The zero-order valence-electron chi connectivity index (χ0n) is 14.7. The molecule has 26 heavy (non-hydrogen) atoms. The number of anilines is 1. The van der Waals surface area contributed by atoms with Gasteiger partial charge in [-0.15, -0.1) is 0 Å². The molecule has 1 aromatic heterocycles. The maximum atomic E-state index is 12.4. The lowest BCUT2D eigenvalue weighted by molar-refractivity contribution is -0.0146. The maximum absolute atomic E-state index is 12.4. The Kier molecular flexibility index (Phi) is 6.35. The zero-order valence-corrected chi connectivity index (χ0v) is 14.7. The SMILES string of the molecule is NCC[C@@H]1CN(C(=O)Nc2ccc(/C=C/c3ccccn3)cc2)CCO1. The van der Waals surface area contributed by atoms with Gasteiger partial charge in [0.15, 0.2) is 0 Å². The minimum atomic E-state index is -0.105. The highest BCUT2D eigenvalue weighted by Gasteiger charge is 2.23. The lowest BCUT2D eigenvalue weighted by atomic mass is 10.2. The number of morpholine rings is 1. The van der Waals surface area contributed by atoms with Gasteiger partial charge < -0.3 is 20.7 Å². The van der Waals surface area contributed by atoms with E-state index in [4.69, 9.17) is 10.5 Å². The van der Waals surface area contributed by atoms with Crippen LogP contribution in [0.5, 0.6) is 0 Å². The Bertz CT molecular complexity index is 729. The van der Waals surface area contributed by atoms with Crippen LogP contribution in [0.25, 0.3) is 12.2 Å². The first-order chi connectivity index (χ1) is 12.7. The van der Waals surface area contributed by atoms with E-state index in [1.807, 2.05) is 54.6 Å². The van der Waals surface area contributed by atoms with Gasteiger partial charge in [0.05, 0.1) is 18.4 Å². The zero-order chi connectivity index (χ0) is 18.2. The summed E-state index contributed by atoms with van der Waals surface area (Å²) in [5, 5.41) is 2.94. The molecule has 0 radical (unpaired) electrons. The number of amides is 2. The Morgan fingerprint density at radius 1 is 1.27 bits per heavy atom. The molecule has 6 heteroatoms. The van der Waals surface area contributed by atoms with Crippen molar-refractivity contribution in [1.29, 1.82) is 0 Å². The largest absolute Gasteiger partial charge is 0.374 e. The highest BCUT2D eigenvalue weighted by atomic mass is 16.5. The van der Waals surface area contributed by atoms with E-state index in [1.165, 1.54) is 0 Å². The van der Waals surface area contributed by atoms with Crippen molar-refractivity contribution in [2.75, 3.05) is 31.6 Å². The second-order valence-electron chi connectivity index (χ2n) is 6.16. The number of rotatable bonds is 5. The summed E-state index contributed by atoms with van der Waals surface area (Å²) < 4.78 is 5.61. The van der Waals surface area contributed by atoms with Gasteiger partial charge in [0.25, 0.3) is 0 Å². The number of benzene rings is 1. The van der Waals surface area contributed by atoms with Gasteiger partial charge in [-0.3, -0.25) is 4.98 Å². The number of hydrogen-bond acceptors (Lipinski definition) is 4. The second-order valence-corrected chi connectivity index (χ2v) is 6.16. The molecule has 0 unspecified atom stereocenters. The molecule has 1 saturated heterocycles. The Balaban J connectivity index is 1.55. The lowest BCUT2D eigenvalue weighted by Crippen LogP contribution is -2.47. The van der Waals surface area contributed by atoms with Gasteiger partial charge in [-0.25, -0.2) is 4.79 Å².